The fourth-order valence-electron chi connectivity index (χ4n) is 3.10. The zero-order valence-electron chi connectivity index (χ0n) is 17.3. The Morgan fingerprint density at radius 1 is 1.03 bits per heavy atom. The van der Waals surface area contributed by atoms with Crippen molar-refractivity contribution >= 4 is 41.2 Å². The number of rotatable bonds is 7. The molecule has 1 amide bonds. The number of amides is 1. The lowest BCUT2D eigenvalue weighted by molar-refractivity contribution is 0.0785. The Balaban J connectivity index is 1.42. The minimum atomic E-state index is -0.291. The molecule has 1 aromatic heterocycles. The zero-order chi connectivity index (χ0) is 22.5. The molecule has 32 heavy (non-hydrogen) atoms. The first-order valence-electron chi connectivity index (χ1n) is 9.87. The van der Waals surface area contributed by atoms with E-state index < -0.39 is 0 Å². The van der Waals surface area contributed by atoms with E-state index in [-0.39, 0.29) is 11.7 Å². The number of halogens is 1. The Labute approximate surface area is 199 Å². The molecule has 8 heteroatoms. The number of carbonyl (C=O) groups is 1. The number of hydrogen-bond acceptors (Lipinski definition) is 5. The van der Waals surface area contributed by atoms with Crippen LogP contribution >= 0.6 is 35.3 Å². The van der Waals surface area contributed by atoms with Gasteiger partial charge in [-0.2, -0.15) is 0 Å². The minimum Gasteiger partial charge on any atom is -0.337 e. The van der Waals surface area contributed by atoms with Crippen molar-refractivity contribution in [2.75, 3.05) is 7.05 Å². The highest BCUT2D eigenvalue weighted by Gasteiger charge is 2.13. The summed E-state index contributed by atoms with van der Waals surface area (Å²) in [5, 5.41) is 4.64. The van der Waals surface area contributed by atoms with Gasteiger partial charge in [-0.25, -0.2) is 9.07 Å². The second-order valence-corrected chi connectivity index (χ2v) is 10.00. The quantitative estimate of drug-likeness (QED) is 0.227. The van der Waals surface area contributed by atoms with Gasteiger partial charge in [0.1, 0.15) is 5.82 Å². The van der Waals surface area contributed by atoms with E-state index >= 15 is 0 Å². The van der Waals surface area contributed by atoms with Gasteiger partial charge in [0.2, 0.25) is 0 Å². The molecule has 4 rings (SSSR count). The van der Waals surface area contributed by atoms with Crippen molar-refractivity contribution in [3.8, 4) is 5.69 Å². The van der Waals surface area contributed by atoms with Gasteiger partial charge in [0, 0.05) is 24.9 Å². The fourth-order valence-corrected chi connectivity index (χ4v) is 5.42. The second-order valence-electron chi connectivity index (χ2n) is 7.15. The molecule has 0 aliphatic carbocycles. The molecule has 0 fully saturated rings. The average Bonchev–Trinajstić information content (AvgIpc) is 3.20. The van der Waals surface area contributed by atoms with Gasteiger partial charge in [0.05, 0.1) is 5.69 Å². The smallest absolute Gasteiger partial charge is 0.253 e. The van der Waals surface area contributed by atoms with Crippen molar-refractivity contribution in [3.63, 3.8) is 0 Å². The summed E-state index contributed by atoms with van der Waals surface area (Å²) >= 11 is 8.62. The summed E-state index contributed by atoms with van der Waals surface area (Å²) in [6, 6.07) is 23.6. The van der Waals surface area contributed by atoms with Gasteiger partial charge < -0.3 is 4.90 Å². The van der Waals surface area contributed by atoms with Crippen LogP contribution in [0.4, 0.5) is 4.39 Å². The Morgan fingerprint density at radius 2 is 1.72 bits per heavy atom. The van der Waals surface area contributed by atoms with E-state index in [9.17, 15) is 9.18 Å². The van der Waals surface area contributed by atoms with Crippen LogP contribution in [0.1, 0.15) is 21.5 Å². The lowest BCUT2D eigenvalue weighted by atomic mass is 10.1. The summed E-state index contributed by atoms with van der Waals surface area (Å²) in [5.74, 6) is 0.430. The van der Waals surface area contributed by atoms with Gasteiger partial charge in [-0.3, -0.25) is 4.79 Å². The molecule has 0 bridgehead atoms. The van der Waals surface area contributed by atoms with Crippen LogP contribution in [0.2, 0.25) is 0 Å². The average molecular weight is 482 g/mol. The summed E-state index contributed by atoms with van der Waals surface area (Å²) in [5.41, 5.74) is 3.49. The van der Waals surface area contributed by atoms with Crippen molar-refractivity contribution in [2.45, 2.75) is 16.6 Å². The molecule has 4 nitrogen and oxygen atoms in total. The Morgan fingerprint density at radius 3 is 2.41 bits per heavy atom. The number of carbonyl (C=O) groups excluding carboxylic acids is 1. The summed E-state index contributed by atoms with van der Waals surface area (Å²) in [6.07, 6.45) is 0. The summed E-state index contributed by atoms with van der Waals surface area (Å²) in [6.45, 7) is 0.403. The van der Waals surface area contributed by atoms with Crippen LogP contribution in [0.15, 0.2) is 83.2 Å². The number of thioether (sulfide) groups is 1. The zero-order valence-corrected chi connectivity index (χ0v) is 19.7. The fraction of sp³-hybridized carbons (Fsp3) is 0.125. The highest BCUT2D eigenvalue weighted by atomic mass is 32.2. The molecule has 0 unspecified atom stereocenters. The number of hydrogen-bond donors (Lipinski definition) is 0. The maximum atomic E-state index is 13.1. The van der Waals surface area contributed by atoms with Gasteiger partial charge in [-0.15, -0.1) is 5.10 Å². The first kappa shape index (κ1) is 22.4. The molecular formula is C24H20FN3OS3. The predicted octanol–water partition coefficient (Wildman–Crippen LogP) is 6.37. The Bertz CT molecular complexity index is 1250. The van der Waals surface area contributed by atoms with Crippen LogP contribution in [-0.2, 0) is 12.3 Å². The van der Waals surface area contributed by atoms with Crippen LogP contribution in [0.3, 0.4) is 0 Å². The van der Waals surface area contributed by atoms with Crippen molar-refractivity contribution in [1.82, 2.24) is 14.7 Å². The number of benzene rings is 3. The van der Waals surface area contributed by atoms with E-state index in [2.05, 4.69) is 17.2 Å². The van der Waals surface area contributed by atoms with E-state index in [1.54, 1.807) is 52.7 Å². The van der Waals surface area contributed by atoms with E-state index in [4.69, 9.17) is 12.2 Å². The van der Waals surface area contributed by atoms with E-state index in [1.165, 1.54) is 29.0 Å². The summed E-state index contributed by atoms with van der Waals surface area (Å²) in [4.78, 5) is 14.4. The molecule has 3 aromatic carbocycles. The highest BCUT2D eigenvalue weighted by Crippen LogP contribution is 2.27. The van der Waals surface area contributed by atoms with Gasteiger partial charge in [0.15, 0.2) is 8.29 Å². The standard InChI is InChI=1S/C24H20FN3OS3/c1-27(15-17-7-11-20(25)12-8-17)22(29)19-9-13-21(14-10-19)28-24(30)32-23(26-28)31-16-18-5-3-2-4-6-18/h2-14H,15-16H2,1H3. The molecule has 0 spiro atoms. The molecule has 0 atom stereocenters. The summed E-state index contributed by atoms with van der Waals surface area (Å²) < 4.78 is 16.4. The molecular weight excluding hydrogens is 461 g/mol. The third-order valence-corrected chi connectivity index (χ3v) is 7.21. The predicted molar refractivity (Wildman–Crippen MR) is 130 cm³/mol. The molecule has 0 N–H and O–H groups in total. The van der Waals surface area contributed by atoms with Crippen molar-refractivity contribution in [1.29, 1.82) is 0 Å². The Hall–Kier alpha value is -2.81. The van der Waals surface area contributed by atoms with Crippen molar-refractivity contribution in [2.24, 2.45) is 0 Å². The molecule has 0 aliphatic rings. The van der Waals surface area contributed by atoms with Crippen LogP contribution in [0, 0.1) is 9.77 Å². The van der Waals surface area contributed by atoms with E-state index in [0.29, 0.717) is 16.1 Å². The lowest BCUT2D eigenvalue weighted by Crippen LogP contribution is -2.26. The van der Waals surface area contributed by atoms with Gasteiger partial charge in [0.25, 0.3) is 5.91 Å². The second kappa shape index (κ2) is 10.2. The molecule has 0 radical (unpaired) electrons. The van der Waals surface area contributed by atoms with E-state index in [1.807, 2.05) is 30.3 Å². The maximum absolute atomic E-state index is 13.1. The van der Waals surface area contributed by atoms with Crippen molar-refractivity contribution in [3.05, 3.63) is 105 Å². The normalized spacial score (nSPS) is 10.8. The SMILES string of the molecule is CN(Cc1ccc(F)cc1)C(=O)c1ccc(-n2nc(SCc3ccccc3)sc2=S)cc1. The van der Waals surface area contributed by atoms with Crippen LogP contribution in [-0.4, -0.2) is 27.6 Å². The maximum Gasteiger partial charge on any atom is 0.253 e. The van der Waals surface area contributed by atoms with Gasteiger partial charge >= 0.3 is 0 Å². The van der Waals surface area contributed by atoms with Gasteiger partial charge in [-0.05, 0) is 59.7 Å². The largest absolute Gasteiger partial charge is 0.337 e. The van der Waals surface area contributed by atoms with Crippen molar-refractivity contribution < 1.29 is 9.18 Å². The first-order chi connectivity index (χ1) is 15.5. The van der Waals surface area contributed by atoms with Crippen LogP contribution in [0.5, 0.6) is 0 Å². The molecule has 0 aliphatic heterocycles. The topological polar surface area (TPSA) is 38.1 Å². The third kappa shape index (κ3) is 5.51. The number of aromatic nitrogens is 2. The molecule has 162 valence electrons. The monoisotopic (exact) mass is 481 g/mol. The molecule has 0 saturated carbocycles. The molecule has 4 aromatic rings. The molecule has 0 saturated heterocycles. The number of nitrogens with zero attached hydrogens (tertiary/aromatic N) is 3. The molecule has 1 heterocycles. The first-order valence-corrected chi connectivity index (χ1v) is 12.1. The Kier molecular flexibility index (Phi) is 7.14. The summed E-state index contributed by atoms with van der Waals surface area (Å²) in [7, 11) is 1.73. The van der Waals surface area contributed by atoms with Gasteiger partial charge in [-0.1, -0.05) is 65.6 Å². The third-order valence-electron chi connectivity index (χ3n) is 4.77. The lowest BCUT2D eigenvalue weighted by Gasteiger charge is -2.17. The highest BCUT2D eigenvalue weighted by molar-refractivity contribution is 8.00. The van der Waals surface area contributed by atoms with E-state index in [0.717, 1.165) is 21.3 Å². The van der Waals surface area contributed by atoms with Crippen LogP contribution < -0.4 is 0 Å². The van der Waals surface area contributed by atoms with Crippen LogP contribution in [0.25, 0.3) is 5.69 Å². The minimum absolute atomic E-state index is 0.109.